The van der Waals surface area contributed by atoms with Crippen LogP contribution < -0.4 is 14.0 Å². The normalized spacial score (nSPS) is 16.8. The first kappa shape index (κ1) is 10.3. The van der Waals surface area contributed by atoms with Gasteiger partial charge in [-0.25, -0.2) is 4.79 Å². The lowest BCUT2D eigenvalue weighted by molar-refractivity contribution is -1.92. The van der Waals surface area contributed by atoms with Gasteiger partial charge < -0.3 is 0 Å². The molecule has 0 aromatic carbocycles. The van der Waals surface area contributed by atoms with Crippen LogP contribution in [0.5, 0.6) is 0 Å². The van der Waals surface area contributed by atoms with Crippen LogP contribution in [0.25, 0.3) is 0 Å². The monoisotopic (exact) mass is 214 g/mol. The first-order valence-electron chi connectivity index (χ1n) is 2.86. The van der Waals surface area contributed by atoms with Gasteiger partial charge in [-0.05, 0) is 4.29 Å². The molecule has 0 atom stereocenters. The molecule has 1 rings (SSSR count). The Kier molecular flexibility index (Phi) is 2.81. The molecule has 1 aliphatic heterocycles. The van der Waals surface area contributed by atoms with Crippen molar-refractivity contribution in [1.82, 2.24) is 0 Å². The van der Waals surface area contributed by atoms with Gasteiger partial charge in [0.05, 0.1) is 0 Å². The summed E-state index contributed by atoms with van der Waals surface area (Å²) in [6.45, 7) is 0. The van der Waals surface area contributed by atoms with Gasteiger partial charge in [-0.2, -0.15) is 23.8 Å². The molecule has 0 radical (unpaired) electrons. The Morgan fingerprint density at radius 1 is 1.31 bits per heavy atom. The van der Waals surface area contributed by atoms with Crippen LogP contribution in [0.15, 0.2) is 0 Å². The summed E-state index contributed by atoms with van der Waals surface area (Å²) in [5.41, 5.74) is 0. The fourth-order valence-corrected chi connectivity index (χ4v) is 0.759. The average Bonchev–Trinajstić information content (AvgIpc) is 2.60. The number of carbonyl (C=O) groups excluding carboxylic acids is 2. The van der Waals surface area contributed by atoms with Crippen LogP contribution in [0.2, 0.25) is 0 Å². The zero-order valence-electron chi connectivity index (χ0n) is 5.93. The van der Waals surface area contributed by atoms with Gasteiger partial charge in [0, 0.05) is 0 Å². The van der Waals surface area contributed by atoms with Crippen molar-refractivity contribution in [2.75, 3.05) is 0 Å². The molecule has 1 aliphatic rings. The van der Waals surface area contributed by atoms with E-state index in [2.05, 4.69) is 14.1 Å². The van der Waals surface area contributed by atoms with Crippen LogP contribution >= 0.6 is 0 Å². The fraction of sp³-hybridized carbons (Fsp3) is 0.500. The highest BCUT2D eigenvalue weighted by Gasteiger charge is 2.39. The van der Waals surface area contributed by atoms with E-state index in [-0.39, 0.29) is 0 Å². The van der Waals surface area contributed by atoms with Crippen molar-refractivity contribution in [3.63, 3.8) is 0 Å². The van der Waals surface area contributed by atoms with Gasteiger partial charge in [0.25, 0.3) is 6.29 Å². The molecule has 0 spiro atoms. The van der Waals surface area contributed by atoms with Crippen molar-refractivity contribution in [1.29, 1.82) is 0 Å². The molecule has 0 aliphatic carbocycles. The second-order valence-electron chi connectivity index (χ2n) is 1.99. The molecule has 0 saturated carbocycles. The molecule has 8 nitrogen and oxygen atoms in total. The van der Waals surface area contributed by atoms with Crippen molar-refractivity contribution in [3.8, 4) is 0 Å². The summed E-state index contributed by atoms with van der Waals surface area (Å²) in [5, 5.41) is 0. The van der Waals surface area contributed by atoms with Gasteiger partial charge in [0.2, 0.25) is 5.78 Å². The van der Waals surface area contributed by atoms with Crippen LogP contribution in [0.3, 0.4) is 0 Å². The van der Waals surface area contributed by atoms with Crippen LogP contribution in [-0.4, -0.2) is 18.0 Å². The summed E-state index contributed by atoms with van der Waals surface area (Å²) >= 11 is 0. The number of rotatable bonds is 4. The molecule has 0 unspecified atom stereocenters. The SMILES string of the molecule is O=C(CC(=O)C1OO1)O[Cl+3]([O-])([O-])[O-]. The second kappa shape index (κ2) is 3.54. The highest BCUT2D eigenvalue weighted by atomic mass is 35.7. The van der Waals surface area contributed by atoms with Crippen molar-refractivity contribution in [2.24, 2.45) is 0 Å². The molecule has 1 saturated heterocycles. The lowest BCUT2D eigenvalue weighted by Gasteiger charge is -2.09. The third kappa shape index (κ3) is 4.12. The van der Waals surface area contributed by atoms with E-state index < -0.39 is 34.7 Å². The van der Waals surface area contributed by atoms with Crippen molar-refractivity contribution in [3.05, 3.63) is 0 Å². The second-order valence-corrected chi connectivity index (χ2v) is 2.90. The summed E-state index contributed by atoms with van der Waals surface area (Å²) < 4.78 is 32.7. The Morgan fingerprint density at radius 3 is 2.23 bits per heavy atom. The Balaban J connectivity index is 2.28. The predicted molar refractivity (Wildman–Crippen MR) is 21.7 cm³/mol. The summed E-state index contributed by atoms with van der Waals surface area (Å²) in [4.78, 5) is 29.1. The standard InChI is InChI=1S/C4H3ClO8/c6-2(4-12-13-4)1-3(7)11-5(8,9)10/h4H,1H2. The number of carbonyl (C=O) groups is 2. The third-order valence-corrected chi connectivity index (χ3v) is 1.32. The molecular formula is C4H3ClO8. The van der Waals surface area contributed by atoms with E-state index in [0.717, 1.165) is 0 Å². The van der Waals surface area contributed by atoms with E-state index in [1.807, 2.05) is 0 Å². The average molecular weight is 215 g/mol. The van der Waals surface area contributed by atoms with Crippen LogP contribution in [0.1, 0.15) is 6.42 Å². The number of Topliss-reactive ketones (excluding diaryl/α,β-unsaturated/α-hetero) is 1. The maximum Gasteiger partial charge on any atom is 0.470 e. The maximum absolute atomic E-state index is 10.7. The molecule has 0 aromatic heterocycles. The van der Waals surface area contributed by atoms with Gasteiger partial charge in [-0.15, -0.1) is 0 Å². The minimum Gasteiger partial charge on any atom is -0.293 e. The molecule has 1 fully saturated rings. The quantitative estimate of drug-likeness (QED) is 0.260. The first-order chi connectivity index (χ1) is 5.88. The van der Waals surface area contributed by atoms with E-state index in [4.69, 9.17) is 0 Å². The largest absolute Gasteiger partial charge is 0.470 e. The van der Waals surface area contributed by atoms with Crippen molar-refractivity contribution in [2.45, 2.75) is 12.7 Å². The Morgan fingerprint density at radius 2 is 1.85 bits per heavy atom. The molecule has 0 bridgehead atoms. The minimum atomic E-state index is -4.84. The summed E-state index contributed by atoms with van der Waals surface area (Å²) in [6, 6.07) is 0. The smallest absolute Gasteiger partial charge is 0.293 e. The van der Waals surface area contributed by atoms with Crippen molar-refractivity contribution >= 4 is 11.8 Å². The Hall–Kier alpha value is -0.770. The molecule has 9 heteroatoms. The number of hydrogen-bond acceptors (Lipinski definition) is 8. The van der Waals surface area contributed by atoms with E-state index in [9.17, 15) is 23.6 Å². The van der Waals surface area contributed by atoms with Gasteiger partial charge in [0.15, 0.2) is 0 Å². The Bertz CT molecular complexity index is 227. The van der Waals surface area contributed by atoms with Crippen LogP contribution in [0, 0.1) is 10.2 Å². The van der Waals surface area contributed by atoms with Crippen molar-refractivity contribution < 1.29 is 47.9 Å². The van der Waals surface area contributed by atoms with E-state index in [1.54, 1.807) is 0 Å². The molecule has 0 amide bonds. The summed E-state index contributed by atoms with van der Waals surface area (Å²) in [7, 11) is -4.84. The van der Waals surface area contributed by atoms with Crippen LogP contribution in [-0.2, 0) is 23.7 Å². The number of halogens is 1. The maximum atomic E-state index is 10.7. The fourth-order valence-electron chi connectivity index (χ4n) is 0.493. The summed E-state index contributed by atoms with van der Waals surface area (Å²) in [6.07, 6.45) is -2.04. The lowest BCUT2D eigenvalue weighted by Crippen LogP contribution is -2.61. The summed E-state index contributed by atoms with van der Waals surface area (Å²) in [5.74, 6) is -2.29. The van der Waals surface area contributed by atoms with Gasteiger partial charge in [0.1, 0.15) is 16.7 Å². The number of hydrogen-bond donors (Lipinski definition) is 0. The topological polar surface area (TPSA) is 138 Å². The molecule has 0 N–H and O–H groups in total. The van der Waals surface area contributed by atoms with Gasteiger partial charge in [-0.1, -0.05) is 0 Å². The molecule has 1 heterocycles. The molecule has 0 aromatic rings. The zero-order chi connectivity index (χ0) is 10.1. The zero-order valence-corrected chi connectivity index (χ0v) is 6.68. The van der Waals surface area contributed by atoms with E-state index >= 15 is 0 Å². The lowest BCUT2D eigenvalue weighted by atomic mass is 10.3. The van der Waals surface area contributed by atoms with E-state index in [1.165, 1.54) is 0 Å². The van der Waals surface area contributed by atoms with Gasteiger partial charge >= 0.3 is 5.97 Å². The molecule has 74 valence electrons. The third-order valence-electron chi connectivity index (χ3n) is 0.954. The molecule has 13 heavy (non-hydrogen) atoms. The molecular weight excluding hydrogens is 211 g/mol. The Labute approximate surface area is 73.3 Å². The minimum absolute atomic E-state index is 0.816. The van der Waals surface area contributed by atoms with Gasteiger partial charge in [-0.3, -0.25) is 4.79 Å². The predicted octanol–water partition coefficient (Wildman–Crippen LogP) is -4.33. The van der Waals surface area contributed by atoms with E-state index in [0.29, 0.717) is 0 Å². The highest BCUT2D eigenvalue weighted by Crippen LogP contribution is 2.15. The highest BCUT2D eigenvalue weighted by molar-refractivity contribution is 5.97. The first-order valence-corrected chi connectivity index (χ1v) is 4.10. The number of ketones is 1. The van der Waals surface area contributed by atoms with Crippen LogP contribution in [0.4, 0.5) is 0 Å².